The van der Waals surface area contributed by atoms with Crippen LogP contribution in [0.1, 0.15) is 10.5 Å². The van der Waals surface area contributed by atoms with Crippen molar-refractivity contribution in [3.8, 4) is 0 Å². The molecule has 6 N–H and O–H groups in total. The predicted octanol–water partition coefficient (Wildman–Crippen LogP) is -0.382. The normalized spacial score (nSPS) is 9.33. The van der Waals surface area contributed by atoms with Crippen LogP contribution in [-0.2, 0) is 0 Å². The first-order valence-corrected chi connectivity index (χ1v) is 3.11. The Morgan fingerprint density at radius 2 is 2.25 bits per heavy atom. The van der Waals surface area contributed by atoms with E-state index in [0.717, 1.165) is 0 Å². The van der Waals surface area contributed by atoms with Gasteiger partial charge in [0, 0.05) is 6.20 Å². The van der Waals surface area contributed by atoms with Crippen molar-refractivity contribution in [2.24, 2.45) is 16.5 Å². The summed E-state index contributed by atoms with van der Waals surface area (Å²) in [5, 5.41) is 8.49. The zero-order chi connectivity index (χ0) is 9.14. The standard InChI is InChI=1S/C6H8N4O2/c7-6(8)10-3-1-4(5(11)12)9-2-3/h1-2,9H,(H,11,12)(H4,7,8,10). The Hall–Kier alpha value is -1.98. The van der Waals surface area contributed by atoms with Gasteiger partial charge in [-0.25, -0.2) is 9.79 Å². The van der Waals surface area contributed by atoms with E-state index in [9.17, 15) is 4.79 Å². The average Bonchev–Trinajstić information content (AvgIpc) is 2.34. The van der Waals surface area contributed by atoms with Gasteiger partial charge in [-0.3, -0.25) is 0 Å². The molecule has 0 saturated heterocycles. The Balaban J connectivity index is 2.92. The van der Waals surface area contributed by atoms with E-state index in [-0.39, 0.29) is 11.7 Å². The Kier molecular flexibility index (Phi) is 2.00. The molecule has 0 aliphatic rings. The molecule has 64 valence electrons. The van der Waals surface area contributed by atoms with Gasteiger partial charge in [0.1, 0.15) is 5.69 Å². The van der Waals surface area contributed by atoms with Crippen molar-refractivity contribution < 1.29 is 9.90 Å². The molecule has 1 heterocycles. The van der Waals surface area contributed by atoms with Gasteiger partial charge >= 0.3 is 5.97 Å². The van der Waals surface area contributed by atoms with E-state index >= 15 is 0 Å². The third-order valence-electron chi connectivity index (χ3n) is 1.16. The van der Waals surface area contributed by atoms with Crippen LogP contribution in [0.4, 0.5) is 5.69 Å². The smallest absolute Gasteiger partial charge is 0.352 e. The van der Waals surface area contributed by atoms with Gasteiger partial charge in [-0.2, -0.15) is 0 Å². The second-order valence-electron chi connectivity index (χ2n) is 2.11. The van der Waals surface area contributed by atoms with E-state index in [0.29, 0.717) is 5.69 Å². The third-order valence-corrected chi connectivity index (χ3v) is 1.16. The SMILES string of the molecule is NC(N)=Nc1c[nH]c(C(=O)O)c1. The number of nitrogens with zero attached hydrogens (tertiary/aromatic N) is 1. The lowest BCUT2D eigenvalue weighted by Crippen LogP contribution is -2.21. The summed E-state index contributed by atoms with van der Waals surface area (Å²) in [6.45, 7) is 0. The number of carbonyl (C=O) groups is 1. The maximum absolute atomic E-state index is 10.4. The highest BCUT2D eigenvalue weighted by atomic mass is 16.4. The number of carboxylic acids is 1. The van der Waals surface area contributed by atoms with Crippen LogP contribution in [0.5, 0.6) is 0 Å². The van der Waals surface area contributed by atoms with Gasteiger partial charge in [0.05, 0.1) is 5.69 Å². The summed E-state index contributed by atoms with van der Waals surface area (Å²) < 4.78 is 0. The van der Waals surface area contributed by atoms with Gasteiger partial charge in [0.2, 0.25) is 0 Å². The molecule has 0 spiro atoms. The summed E-state index contributed by atoms with van der Waals surface area (Å²) >= 11 is 0. The number of hydrogen-bond donors (Lipinski definition) is 4. The van der Waals surface area contributed by atoms with Crippen LogP contribution in [0.2, 0.25) is 0 Å². The molecule has 1 aromatic rings. The number of aliphatic imine (C=N–C) groups is 1. The number of carboxylic acid groups (broad SMARTS) is 1. The Labute approximate surface area is 67.9 Å². The minimum atomic E-state index is -1.05. The first kappa shape index (κ1) is 8.12. The van der Waals surface area contributed by atoms with Crippen molar-refractivity contribution in [3.05, 3.63) is 18.0 Å². The molecule has 0 atom stereocenters. The zero-order valence-electron chi connectivity index (χ0n) is 6.11. The molecule has 0 aliphatic carbocycles. The van der Waals surface area contributed by atoms with Crippen molar-refractivity contribution in [3.63, 3.8) is 0 Å². The number of H-pyrrole nitrogens is 1. The summed E-state index contributed by atoms with van der Waals surface area (Å²) in [6, 6.07) is 1.34. The molecule has 0 radical (unpaired) electrons. The van der Waals surface area contributed by atoms with Crippen LogP contribution in [0.25, 0.3) is 0 Å². The summed E-state index contributed by atoms with van der Waals surface area (Å²) in [5.74, 6) is -1.15. The predicted molar refractivity (Wildman–Crippen MR) is 43.2 cm³/mol. The van der Waals surface area contributed by atoms with Crippen molar-refractivity contribution in [1.82, 2.24) is 4.98 Å². The number of aromatic nitrogens is 1. The van der Waals surface area contributed by atoms with Crippen molar-refractivity contribution in [2.45, 2.75) is 0 Å². The first-order valence-electron chi connectivity index (χ1n) is 3.11. The quantitative estimate of drug-likeness (QED) is 0.355. The molecular weight excluding hydrogens is 160 g/mol. The van der Waals surface area contributed by atoms with Crippen LogP contribution in [-0.4, -0.2) is 22.0 Å². The lowest BCUT2D eigenvalue weighted by Gasteiger charge is -1.86. The molecule has 0 aliphatic heterocycles. The molecule has 0 saturated carbocycles. The highest BCUT2D eigenvalue weighted by molar-refractivity contribution is 5.87. The lowest BCUT2D eigenvalue weighted by molar-refractivity contribution is 0.0691. The monoisotopic (exact) mass is 168 g/mol. The second kappa shape index (κ2) is 2.95. The van der Waals surface area contributed by atoms with E-state index in [1.54, 1.807) is 0 Å². The van der Waals surface area contributed by atoms with Crippen LogP contribution < -0.4 is 11.5 Å². The number of nitrogens with two attached hydrogens (primary N) is 2. The van der Waals surface area contributed by atoms with Crippen molar-refractivity contribution in [2.75, 3.05) is 0 Å². The maximum atomic E-state index is 10.4. The third kappa shape index (κ3) is 1.75. The minimum Gasteiger partial charge on any atom is -0.477 e. The summed E-state index contributed by atoms with van der Waals surface area (Å²) in [6.07, 6.45) is 1.41. The fourth-order valence-electron chi connectivity index (χ4n) is 0.720. The number of rotatable bonds is 2. The molecule has 0 fully saturated rings. The lowest BCUT2D eigenvalue weighted by atomic mass is 10.4. The highest BCUT2D eigenvalue weighted by Gasteiger charge is 2.04. The Morgan fingerprint density at radius 3 is 2.67 bits per heavy atom. The van der Waals surface area contributed by atoms with Gasteiger partial charge in [-0.05, 0) is 6.07 Å². The van der Waals surface area contributed by atoms with Crippen LogP contribution in [0.3, 0.4) is 0 Å². The Morgan fingerprint density at radius 1 is 1.58 bits per heavy atom. The number of hydrogen-bond acceptors (Lipinski definition) is 2. The molecule has 1 rings (SSSR count). The largest absolute Gasteiger partial charge is 0.477 e. The van der Waals surface area contributed by atoms with Gasteiger partial charge in [0.25, 0.3) is 0 Å². The number of aromatic carboxylic acids is 1. The molecule has 0 bridgehead atoms. The first-order chi connectivity index (χ1) is 5.59. The highest BCUT2D eigenvalue weighted by Crippen LogP contribution is 2.12. The van der Waals surface area contributed by atoms with Gasteiger partial charge in [-0.15, -0.1) is 0 Å². The number of aromatic amines is 1. The molecule has 6 heteroatoms. The zero-order valence-corrected chi connectivity index (χ0v) is 6.11. The summed E-state index contributed by atoms with van der Waals surface area (Å²) in [7, 11) is 0. The molecule has 0 aromatic carbocycles. The molecular formula is C6H8N4O2. The molecule has 1 aromatic heterocycles. The van der Waals surface area contributed by atoms with Crippen LogP contribution in [0.15, 0.2) is 17.3 Å². The fraction of sp³-hybridized carbons (Fsp3) is 0. The fourth-order valence-corrected chi connectivity index (χ4v) is 0.720. The van der Waals surface area contributed by atoms with E-state index in [2.05, 4.69) is 9.98 Å². The summed E-state index contributed by atoms with van der Waals surface area (Å²) in [5.41, 5.74) is 10.6. The maximum Gasteiger partial charge on any atom is 0.352 e. The van der Waals surface area contributed by atoms with E-state index in [1.807, 2.05) is 0 Å². The van der Waals surface area contributed by atoms with Gasteiger partial charge in [0.15, 0.2) is 5.96 Å². The molecule has 12 heavy (non-hydrogen) atoms. The van der Waals surface area contributed by atoms with E-state index in [4.69, 9.17) is 16.6 Å². The van der Waals surface area contributed by atoms with E-state index < -0.39 is 5.97 Å². The average molecular weight is 168 g/mol. The minimum absolute atomic E-state index is 0.0509. The number of guanidine groups is 1. The Bertz CT molecular complexity index is 324. The van der Waals surface area contributed by atoms with Crippen LogP contribution >= 0.6 is 0 Å². The topological polar surface area (TPSA) is 117 Å². The van der Waals surface area contributed by atoms with Gasteiger partial charge in [-0.1, -0.05) is 0 Å². The molecule has 0 unspecified atom stereocenters. The van der Waals surface area contributed by atoms with Crippen molar-refractivity contribution in [1.29, 1.82) is 0 Å². The van der Waals surface area contributed by atoms with E-state index in [1.165, 1.54) is 12.3 Å². The molecule has 6 nitrogen and oxygen atoms in total. The van der Waals surface area contributed by atoms with Crippen molar-refractivity contribution >= 4 is 17.6 Å². The summed E-state index contributed by atoms with van der Waals surface area (Å²) in [4.78, 5) is 16.5. The van der Waals surface area contributed by atoms with Gasteiger partial charge < -0.3 is 21.6 Å². The molecule has 0 amide bonds. The number of nitrogens with one attached hydrogen (secondary N) is 1. The van der Waals surface area contributed by atoms with Crippen LogP contribution in [0, 0.1) is 0 Å². The second-order valence-corrected chi connectivity index (χ2v) is 2.11.